The number of nitrogens with zero attached hydrogens (tertiary/aromatic N) is 1. The van der Waals surface area contributed by atoms with Crippen LogP contribution < -0.4 is 5.32 Å². The predicted octanol–water partition coefficient (Wildman–Crippen LogP) is 5.55. The molecule has 0 saturated heterocycles. The third-order valence-corrected chi connectivity index (χ3v) is 6.50. The molecule has 0 spiro atoms. The number of aromatic nitrogens is 1. The highest BCUT2D eigenvalue weighted by Gasteiger charge is 2.26. The van der Waals surface area contributed by atoms with Gasteiger partial charge in [-0.3, -0.25) is 4.79 Å². The molecule has 5 nitrogen and oxygen atoms in total. The maximum atomic E-state index is 13.4. The summed E-state index contributed by atoms with van der Waals surface area (Å²) in [7, 11) is 1.38. The van der Waals surface area contributed by atoms with Crippen LogP contribution in [0.5, 0.6) is 0 Å². The van der Waals surface area contributed by atoms with Gasteiger partial charge in [0.25, 0.3) is 5.91 Å². The summed E-state index contributed by atoms with van der Waals surface area (Å²) in [5.74, 6) is -0.454. The fraction of sp³-hybridized carbons (Fsp3) is 0.185. The molecule has 1 aliphatic rings. The molecule has 1 unspecified atom stereocenters. The van der Waals surface area contributed by atoms with Gasteiger partial charge in [-0.2, -0.15) is 0 Å². The third-order valence-electron chi connectivity index (χ3n) is 6.25. The Morgan fingerprint density at radius 2 is 1.91 bits per heavy atom. The zero-order valence-corrected chi connectivity index (χ0v) is 18.9. The number of carbonyl (C=O) groups excluding carboxylic acids is 2. The quantitative estimate of drug-likeness (QED) is 0.399. The van der Waals surface area contributed by atoms with Crippen molar-refractivity contribution in [2.24, 2.45) is 0 Å². The van der Waals surface area contributed by atoms with E-state index in [0.29, 0.717) is 22.7 Å². The van der Waals surface area contributed by atoms with Crippen molar-refractivity contribution in [3.8, 4) is 0 Å². The Balaban J connectivity index is 1.41. The van der Waals surface area contributed by atoms with Gasteiger partial charge in [0.1, 0.15) is 0 Å². The van der Waals surface area contributed by atoms with Crippen LogP contribution in [-0.2, 0) is 17.7 Å². The molecule has 166 valence electrons. The van der Waals surface area contributed by atoms with Gasteiger partial charge in [-0.25, -0.2) is 4.79 Å². The second-order valence-electron chi connectivity index (χ2n) is 8.28. The number of aryl methyl sites for hydroxylation is 1. The summed E-state index contributed by atoms with van der Waals surface area (Å²) in [6.45, 7) is 0.646. The van der Waals surface area contributed by atoms with Crippen molar-refractivity contribution in [2.75, 3.05) is 7.11 Å². The van der Waals surface area contributed by atoms with Gasteiger partial charge in [0.05, 0.1) is 29.8 Å². The molecule has 6 heteroatoms. The van der Waals surface area contributed by atoms with E-state index in [-0.39, 0.29) is 17.9 Å². The monoisotopic (exact) mass is 458 g/mol. The third kappa shape index (κ3) is 4.12. The number of rotatable bonds is 5. The maximum Gasteiger partial charge on any atom is 0.337 e. The second kappa shape index (κ2) is 8.75. The van der Waals surface area contributed by atoms with Crippen LogP contribution in [-0.4, -0.2) is 23.6 Å². The lowest BCUT2D eigenvalue weighted by Gasteiger charge is -2.16. The molecule has 0 bridgehead atoms. The molecule has 0 radical (unpaired) electrons. The van der Waals surface area contributed by atoms with Crippen molar-refractivity contribution in [2.45, 2.75) is 25.4 Å². The average molecular weight is 459 g/mol. The molecule has 0 saturated carbocycles. The number of amides is 1. The highest BCUT2D eigenvalue weighted by Crippen LogP contribution is 2.33. The summed E-state index contributed by atoms with van der Waals surface area (Å²) < 4.78 is 6.92. The number of methoxy groups -OCH3 is 1. The van der Waals surface area contributed by atoms with Gasteiger partial charge in [-0.05, 0) is 65.9 Å². The van der Waals surface area contributed by atoms with Crippen molar-refractivity contribution in [3.63, 3.8) is 0 Å². The number of nitrogens with one attached hydrogen (secondary N) is 1. The molecule has 1 amide bonds. The Morgan fingerprint density at radius 3 is 2.70 bits per heavy atom. The van der Waals surface area contributed by atoms with E-state index in [0.717, 1.165) is 40.4 Å². The van der Waals surface area contributed by atoms with Crippen LogP contribution in [0, 0.1) is 0 Å². The Kier molecular flexibility index (Phi) is 5.65. The molecule has 0 fully saturated rings. The highest BCUT2D eigenvalue weighted by molar-refractivity contribution is 6.30. The predicted molar refractivity (Wildman–Crippen MR) is 129 cm³/mol. The van der Waals surface area contributed by atoms with Crippen molar-refractivity contribution in [1.29, 1.82) is 0 Å². The fourth-order valence-electron chi connectivity index (χ4n) is 4.61. The van der Waals surface area contributed by atoms with E-state index in [2.05, 4.69) is 9.88 Å². The van der Waals surface area contributed by atoms with Crippen LogP contribution in [0.15, 0.2) is 72.9 Å². The standard InChI is InChI=1S/C27H23ClN2O3/c1-33-27(32)20-7-11-22-19(15-20)8-12-24(22)29-26(31)23-4-2-3-18-13-14-30(25(18)23)16-17-5-9-21(28)10-6-17/h2-7,9-11,13-15,24H,8,12,16H2,1H3,(H,29,31). The molecule has 1 heterocycles. The van der Waals surface area contributed by atoms with Gasteiger partial charge in [-0.1, -0.05) is 41.9 Å². The molecule has 1 atom stereocenters. The van der Waals surface area contributed by atoms with Crippen molar-refractivity contribution < 1.29 is 14.3 Å². The minimum atomic E-state index is -0.349. The Hall–Kier alpha value is -3.57. The molecule has 4 aromatic rings. The van der Waals surface area contributed by atoms with Gasteiger partial charge in [0.15, 0.2) is 0 Å². The van der Waals surface area contributed by atoms with Gasteiger partial charge < -0.3 is 14.6 Å². The number of benzene rings is 3. The molecule has 1 N–H and O–H groups in total. The topological polar surface area (TPSA) is 60.3 Å². The SMILES string of the molecule is COC(=O)c1ccc2c(c1)CCC2NC(=O)c1cccc2ccn(Cc3ccc(Cl)cc3)c12. The summed E-state index contributed by atoms with van der Waals surface area (Å²) in [4.78, 5) is 25.2. The number of hydrogen-bond acceptors (Lipinski definition) is 3. The van der Waals surface area contributed by atoms with E-state index >= 15 is 0 Å². The lowest BCUT2D eigenvalue weighted by Crippen LogP contribution is -2.27. The first-order valence-corrected chi connectivity index (χ1v) is 11.3. The van der Waals surface area contributed by atoms with Crippen molar-refractivity contribution >= 4 is 34.4 Å². The zero-order chi connectivity index (χ0) is 22.9. The van der Waals surface area contributed by atoms with Crippen LogP contribution >= 0.6 is 11.6 Å². The first-order chi connectivity index (χ1) is 16.0. The van der Waals surface area contributed by atoms with Crippen LogP contribution in [0.4, 0.5) is 0 Å². The first kappa shape index (κ1) is 21.3. The Labute approximate surface area is 196 Å². The molecule has 1 aromatic heterocycles. The van der Waals surface area contributed by atoms with E-state index in [9.17, 15) is 9.59 Å². The van der Waals surface area contributed by atoms with E-state index in [1.165, 1.54) is 7.11 Å². The first-order valence-electron chi connectivity index (χ1n) is 10.9. The smallest absolute Gasteiger partial charge is 0.337 e. The van der Waals surface area contributed by atoms with Crippen LogP contribution in [0.3, 0.4) is 0 Å². The maximum absolute atomic E-state index is 13.4. The van der Waals surface area contributed by atoms with Crippen molar-refractivity contribution in [1.82, 2.24) is 9.88 Å². The zero-order valence-electron chi connectivity index (χ0n) is 18.2. The van der Waals surface area contributed by atoms with Crippen molar-refractivity contribution in [3.05, 3.63) is 106 Å². The summed E-state index contributed by atoms with van der Waals surface area (Å²) >= 11 is 6.02. The number of carbonyl (C=O) groups is 2. The lowest BCUT2D eigenvalue weighted by molar-refractivity contribution is 0.0600. The number of para-hydroxylation sites is 1. The fourth-order valence-corrected chi connectivity index (χ4v) is 4.74. The van der Waals surface area contributed by atoms with Gasteiger partial charge >= 0.3 is 5.97 Å². The van der Waals surface area contributed by atoms with E-state index < -0.39 is 0 Å². The number of esters is 1. The molecule has 33 heavy (non-hydrogen) atoms. The molecule has 3 aromatic carbocycles. The minimum Gasteiger partial charge on any atom is -0.465 e. The van der Waals surface area contributed by atoms with Gasteiger partial charge in [0.2, 0.25) is 0 Å². The molecule has 1 aliphatic carbocycles. The van der Waals surface area contributed by atoms with E-state index in [1.807, 2.05) is 66.9 Å². The number of ether oxygens (including phenoxy) is 1. The van der Waals surface area contributed by atoms with Gasteiger partial charge in [0, 0.05) is 23.2 Å². The molecular weight excluding hydrogens is 436 g/mol. The molecule has 0 aliphatic heterocycles. The largest absolute Gasteiger partial charge is 0.465 e. The average Bonchev–Trinajstić information content (AvgIpc) is 3.43. The van der Waals surface area contributed by atoms with E-state index in [4.69, 9.17) is 16.3 Å². The highest BCUT2D eigenvalue weighted by atomic mass is 35.5. The Bertz CT molecular complexity index is 1360. The van der Waals surface area contributed by atoms with E-state index in [1.54, 1.807) is 6.07 Å². The lowest BCUT2D eigenvalue weighted by atomic mass is 10.0. The summed E-state index contributed by atoms with van der Waals surface area (Å²) in [5.41, 5.74) is 5.33. The second-order valence-corrected chi connectivity index (χ2v) is 8.72. The number of fused-ring (bicyclic) bond motifs is 2. The number of halogens is 1. The molecule has 5 rings (SSSR count). The van der Waals surface area contributed by atoms with Gasteiger partial charge in [-0.15, -0.1) is 0 Å². The van der Waals surface area contributed by atoms with Crippen LogP contribution in [0.2, 0.25) is 5.02 Å². The minimum absolute atomic E-state index is 0.0888. The molecular formula is C27H23ClN2O3. The Morgan fingerprint density at radius 1 is 1.09 bits per heavy atom. The summed E-state index contributed by atoms with van der Waals surface area (Å²) in [6.07, 6.45) is 3.62. The normalized spacial score (nSPS) is 14.8. The number of hydrogen-bond donors (Lipinski definition) is 1. The van der Waals surface area contributed by atoms with Crippen LogP contribution in [0.1, 0.15) is 49.9 Å². The summed E-state index contributed by atoms with van der Waals surface area (Å²) in [5, 5.41) is 4.93. The van der Waals surface area contributed by atoms with Crippen LogP contribution in [0.25, 0.3) is 10.9 Å². The summed E-state index contributed by atoms with van der Waals surface area (Å²) in [6, 6.07) is 21.0.